The summed E-state index contributed by atoms with van der Waals surface area (Å²) >= 11 is 0. The van der Waals surface area contributed by atoms with E-state index in [9.17, 15) is 4.79 Å². The lowest BCUT2D eigenvalue weighted by Crippen LogP contribution is -2.36. The van der Waals surface area contributed by atoms with E-state index in [1.165, 1.54) is 0 Å². The lowest BCUT2D eigenvalue weighted by molar-refractivity contribution is 0.149. The Morgan fingerprint density at radius 3 is 2.80 bits per heavy atom. The fraction of sp³-hybridized carbons (Fsp3) is 0.300. The molecule has 2 N–H and O–H groups in total. The number of rotatable bonds is 4. The van der Waals surface area contributed by atoms with Gasteiger partial charge < -0.3 is 9.15 Å². The van der Waals surface area contributed by atoms with Crippen LogP contribution in [0.15, 0.2) is 23.1 Å². The fourth-order valence-corrected chi connectivity index (χ4v) is 0.952. The number of nitrogens with one attached hydrogen (secondary N) is 2. The van der Waals surface area contributed by atoms with E-state index in [0.29, 0.717) is 18.1 Å². The quantitative estimate of drug-likeness (QED) is 0.744. The number of furan rings is 1. The Hall–Kier alpha value is -1.91. The Morgan fingerprint density at radius 2 is 2.27 bits per heavy atom. The van der Waals surface area contributed by atoms with Gasteiger partial charge in [0, 0.05) is 0 Å². The molecule has 0 atom stereocenters. The molecule has 1 aromatic heterocycles. The second-order valence-electron chi connectivity index (χ2n) is 2.86. The number of carbonyl (C=O) groups excluding carboxylic acids is 1. The van der Waals surface area contributed by atoms with Gasteiger partial charge in [-0.3, -0.25) is 5.43 Å². The maximum absolute atomic E-state index is 10.9. The molecule has 1 amide bonds. The van der Waals surface area contributed by atoms with Crippen molar-refractivity contribution < 1.29 is 13.9 Å². The third kappa shape index (κ3) is 3.38. The molecule has 0 aliphatic rings. The Labute approximate surface area is 88.1 Å². The van der Waals surface area contributed by atoms with Crippen LogP contribution in [-0.2, 0) is 4.74 Å². The molecular formula is C10H14N2O3. The average Bonchev–Trinajstić information content (AvgIpc) is 2.62. The van der Waals surface area contributed by atoms with Crippen LogP contribution in [0.25, 0.3) is 5.70 Å². The molecule has 0 radical (unpaired) electrons. The number of hydrogen-bond acceptors (Lipinski definition) is 4. The zero-order chi connectivity index (χ0) is 11.3. The molecule has 5 nitrogen and oxygen atoms in total. The molecule has 0 aliphatic heterocycles. The first-order chi connectivity index (χ1) is 7.13. The Morgan fingerprint density at radius 1 is 1.53 bits per heavy atom. The molecule has 0 unspecified atom stereocenters. The van der Waals surface area contributed by atoms with Crippen LogP contribution >= 0.6 is 0 Å². The summed E-state index contributed by atoms with van der Waals surface area (Å²) in [7, 11) is 0. The number of carbonyl (C=O) groups is 1. The van der Waals surface area contributed by atoms with Crippen molar-refractivity contribution in [3.63, 3.8) is 0 Å². The summed E-state index contributed by atoms with van der Waals surface area (Å²) in [5.74, 6) is 1.35. The molecule has 0 saturated heterocycles. The van der Waals surface area contributed by atoms with E-state index in [2.05, 4.69) is 22.2 Å². The van der Waals surface area contributed by atoms with Crippen molar-refractivity contribution in [2.45, 2.75) is 13.8 Å². The van der Waals surface area contributed by atoms with Gasteiger partial charge in [-0.05, 0) is 26.0 Å². The summed E-state index contributed by atoms with van der Waals surface area (Å²) in [6, 6.07) is 3.57. The van der Waals surface area contributed by atoms with Gasteiger partial charge in [0.2, 0.25) is 0 Å². The van der Waals surface area contributed by atoms with Gasteiger partial charge in [-0.1, -0.05) is 6.58 Å². The molecule has 0 aliphatic carbocycles. The smallest absolute Gasteiger partial charge is 0.425 e. The van der Waals surface area contributed by atoms with E-state index in [-0.39, 0.29) is 0 Å². The molecule has 0 spiro atoms. The highest BCUT2D eigenvalue weighted by molar-refractivity contribution is 5.69. The van der Waals surface area contributed by atoms with Crippen LogP contribution in [0.5, 0.6) is 0 Å². The van der Waals surface area contributed by atoms with Gasteiger partial charge in [0.15, 0.2) is 5.76 Å². The molecular weight excluding hydrogens is 196 g/mol. The molecule has 1 rings (SSSR count). The van der Waals surface area contributed by atoms with Crippen molar-refractivity contribution in [1.29, 1.82) is 0 Å². The first kappa shape index (κ1) is 11.2. The largest absolute Gasteiger partial charge is 0.460 e. The molecule has 82 valence electrons. The van der Waals surface area contributed by atoms with Crippen molar-refractivity contribution in [2.75, 3.05) is 6.61 Å². The van der Waals surface area contributed by atoms with E-state index >= 15 is 0 Å². The molecule has 1 aromatic rings. The monoisotopic (exact) mass is 210 g/mol. The summed E-state index contributed by atoms with van der Waals surface area (Å²) in [5.41, 5.74) is 5.37. The van der Waals surface area contributed by atoms with Crippen LogP contribution in [0.4, 0.5) is 4.79 Å². The Kier molecular flexibility index (Phi) is 3.79. The highest BCUT2D eigenvalue weighted by Crippen LogP contribution is 2.12. The van der Waals surface area contributed by atoms with Crippen LogP contribution in [0.1, 0.15) is 18.4 Å². The highest BCUT2D eigenvalue weighted by atomic mass is 16.5. The first-order valence-electron chi connectivity index (χ1n) is 4.58. The maximum Gasteiger partial charge on any atom is 0.425 e. The van der Waals surface area contributed by atoms with Gasteiger partial charge in [-0.15, -0.1) is 0 Å². The van der Waals surface area contributed by atoms with Crippen molar-refractivity contribution >= 4 is 11.8 Å². The minimum atomic E-state index is -0.554. The van der Waals surface area contributed by atoms with Gasteiger partial charge in [0.25, 0.3) is 0 Å². The van der Waals surface area contributed by atoms with Crippen molar-refractivity contribution in [3.8, 4) is 0 Å². The summed E-state index contributed by atoms with van der Waals surface area (Å²) in [4.78, 5) is 10.9. The SMILES string of the molecule is C=C(NNC(=O)OCC)c1ccc(C)o1. The van der Waals surface area contributed by atoms with Gasteiger partial charge in [0.1, 0.15) is 5.76 Å². The van der Waals surface area contributed by atoms with Gasteiger partial charge >= 0.3 is 6.09 Å². The highest BCUT2D eigenvalue weighted by Gasteiger charge is 2.04. The van der Waals surface area contributed by atoms with Crippen LogP contribution in [-0.4, -0.2) is 12.7 Å². The number of ether oxygens (including phenoxy) is 1. The van der Waals surface area contributed by atoms with Crippen molar-refractivity contribution in [3.05, 3.63) is 30.2 Å². The van der Waals surface area contributed by atoms with Crippen LogP contribution in [0.2, 0.25) is 0 Å². The lowest BCUT2D eigenvalue weighted by Gasteiger charge is -2.08. The molecule has 0 fully saturated rings. The van der Waals surface area contributed by atoms with E-state index in [1.807, 2.05) is 13.0 Å². The minimum Gasteiger partial charge on any atom is -0.460 e. The number of hydrazine groups is 1. The Bertz CT molecular complexity index is 357. The van der Waals surface area contributed by atoms with Crippen molar-refractivity contribution in [2.24, 2.45) is 0 Å². The zero-order valence-corrected chi connectivity index (χ0v) is 8.79. The topological polar surface area (TPSA) is 63.5 Å². The summed E-state index contributed by atoms with van der Waals surface area (Å²) in [6.07, 6.45) is -0.554. The first-order valence-corrected chi connectivity index (χ1v) is 4.58. The molecule has 15 heavy (non-hydrogen) atoms. The van der Waals surface area contributed by atoms with Gasteiger partial charge in [-0.25, -0.2) is 10.2 Å². The average molecular weight is 210 g/mol. The second kappa shape index (κ2) is 5.09. The number of aryl methyl sites for hydroxylation is 1. The maximum atomic E-state index is 10.9. The third-order valence-electron chi connectivity index (χ3n) is 1.63. The standard InChI is InChI=1S/C10H14N2O3/c1-4-14-10(13)12-11-8(3)9-6-5-7(2)15-9/h5-6,11H,3-4H2,1-2H3,(H,12,13). The predicted molar refractivity (Wildman–Crippen MR) is 55.8 cm³/mol. The summed E-state index contributed by atoms with van der Waals surface area (Å²) < 4.78 is 9.93. The molecule has 0 bridgehead atoms. The second-order valence-corrected chi connectivity index (χ2v) is 2.86. The van der Waals surface area contributed by atoms with Crippen LogP contribution in [0.3, 0.4) is 0 Å². The lowest BCUT2D eigenvalue weighted by atomic mass is 10.4. The number of hydrogen-bond donors (Lipinski definition) is 2. The number of amides is 1. The molecule has 0 saturated carbocycles. The van der Waals surface area contributed by atoms with E-state index in [0.717, 1.165) is 5.76 Å². The zero-order valence-electron chi connectivity index (χ0n) is 8.79. The van der Waals surface area contributed by atoms with E-state index in [4.69, 9.17) is 4.42 Å². The molecule has 1 heterocycles. The fourth-order valence-electron chi connectivity index (χ4n) is 0.952. The minimum absolute atomic E-state index is 0.319. The van der Waals surface area contributed by atoms with Crippen molar-refractivity contribution in [1.82, 2.24) is 10.9 Å². The third-order valence-corrected chi connectivity index (χ3v) is 1.63. The van der Waals surface area contributed by atoms with Crippen LogP contribution < -0.4 is 10.9 Å². The predicted octanol–water partition coefficient (Wildman–Crippen LogP) is 1.81. The normalized spacial score (nSPS) is 9.47. The Balaban J connectivity index is 2.40. The molecule has 5 heteroatoms. The summed E-state index contributed by atoms with van der Waals surface area (Å²) in [5, 5.41) is 0. The van der Waals surface area contributed by atoms with Gasteiger partial charge in [0.05, 0.1) is 12.3 Å². The van der Waals surface area contributed by atoms with E-state index in [1.54, 1.807) is 13.0 Å². The summed E-state index contributed by atoms with van der Waals surface area (Å²) in [6.45, 7) is 7.57. The molecule has 0 aromatic carbocycles. The van der Waals surface area contributed by atoms with E-state index < -0.39 is 6.09 Å². The van der Waals surface area contributed by atoms with Gasteiger partial charge in [-0.2, -0.15) is 0 Å². The van der Waals surface area contributed by atoms with Crippen LogP contribution in [0, 0.1) is 6.92 Å².